The van der Waals surface area contributed by atoms with Crippen molar-refractivity contribution in [1.82, 2.24) is 15.6 Å². The van der Waals surface area contributed by atoms with Gasteiger partial charge in [-0.2, -0.15) is 0 Å². The van der Waals surface area contributed by atoms with E-state index < -0.39 is 0 Å². The van der Waals surface area contributed by atoms with E-state index in [4.69, 9.17) is 0 Å². The summed E-state index contributed by atoms with van der Waals surface area (Å²) in [5, 5.41) is 18.3. The maximum atomic E-state index is 9.64. The van der Waals surface area contributed by atoms with E-state index in [9.17, 15) is 5.11 Å². The number of benzene rings is 1. The van der Waals surface area contributed by atoms with E-state index in [1.54, 1.807) is 23.1 Å². The maximum absolute atomic E-state index is 9.64. The van der Waals surface area contributed by atoms with Crippen LogP contribution in [0.2, 0.25) is 0 Å². The summed E-state index contributed by atoms with van der Waals surface area (Å²) < 4.78 is 1.12. The predicted octanol–water partition coefficient (Wildman–Crippen LogP) is 2.96. The molecule has 5 nitrogen and oxygen atoms in total. The Morgan fingerprint density at radius 2 is 2.16 bits per heavy atom. The van der Waals surface area contributed by atoms with E-state index in [2.05, 4.69) is 27.5 Å². The molecule has 0 aliphatic rings. The Morgan fingerprint density at radius 1 is 1.32 bits per heavy atom. The summed E-state index contributed by atoms with van der Waals surface area (Å²) in [6, 6.07) is 10.0. The highest BCUT2D eigenvalue weighted by molar-refractivity contribution is 8.00. The topological polar surface area (TPSA) is 69.5 Å². The molecule has 1 unspecified atom stereocenters. The van der Waals surface area contributed by atoms with Crippen molar-refractivity contribution in [2.75, 3.05) is 32.0 Å². The molecule has 136 valence electrons. The number of aliphatic imine (C=N–C) groups is 1. The van der Waals surface area contributed by atoms with Crippen LogP contribution in [0.5, 0.6) is 0 Å². The molecular weight excluding hydrogens is 352 g/mol. The molecular formula is C18H26N4OS2. The lowest BCUT2D eigenvalue weighted by atomic mass is 10.0. The Labute approximate surface area is 158 Å². The van der Waals surface area contributed by atoms with E-state index in [1.165, 1.54) is 0 Å². The van der Waals surface area contributed by atoms with Crippen LogP contribution in [0.4, 0.5) is 0 Å². The van der Waals surface area contributed by atoms with Crippen LogP contribution in [-0.2, 0) is 0 Å². The first kappa shape index (κ1) is 19.8. The van der Waals surface area contributed by atoms with Crippen molar-refractivity contribution < 1.29 is 5.11 Å². The largest absolute Gasteiger partial charge is 0.396 e. The first-order chi connectivity index (χ1) is 12.3. The molecule has 0 spiro atoms. The third-order valence-corrected chi connectivity index (χ3v) is 5.61. The Bertz CT molecular complexity index is 605. The molecule has 1 aromatic carbocycles. The second-order valence-electron chi connectivity index (χ2n) is 5.44. The zero-order valence-electron chi connectivity index (χ0n) is 14.5. The van der Waals surface area contributed by atoms with Gasteiger partial charge in [0.25, 0.3) is 0 Å². The lowest BCUT2D eigenvalue weighted by Crippen LogP contribution is -2.38. The van der Waals surface area contributed by atoms with Crippen molar-refractivity contribution in [2.24, 2.45) is 4.99 Å². The number of hydrogen-bond donors (Lipinski definition) is 3. The second-order valence-corrected chi connectivity index (χ2v) is 7.67. The van der Waals surface area contributed by atoms with Gasteiger partial charge in [0.05, 0.1) is 13.2 Å². The fraction of sp³-hybridized carbons (Fsp3) is 0.444. The van der Waals surface area contributed by atoms with Crippen LogP contribution in [-0.4, -0.2) is 48.0 Å². The minimum absolute atomic E-state index is 0.0251. The molecule has 7 heteroatoms. The van der Waals surface area contributed by atoms with Crippen molar-refractivity contribution in [3.05, 3.63) is 47.5 Å². The molecule has 2 aromatic rings. The van der Waals surface area contributed by atoms with Gasteiger partial charge in [-0.25, -0.2) is 4.98 Å². The van der Waals surface area contributed by atoms with Crippen LogP contribution in [0.3, 0.4) is 0 Å². The zero-order chi connectivity index (χ0) is 17.7. The van der Waals surface area contributed by atoms with Gasteiger partial charge in [0.1, 0.15) is 4.34 Å². The van der Waals surface area contributed by atoms with E-state index in [0.717, 1.165) is 41.1 Å². The number of guanidine groups is 1. The highest BCUT2D eigenvalue weighted by Crippen LogP contribution is 2.20. The van der Waals surface area contributed by atoms with Crippen molar-refractivity contribution in [1.29, 1.82) is 0 Å². The van der Waals surface area contributed by atoms with Gasteiger partial charge in [-0.3, -0.25) is 4.99 Å². The van der Waals surface area contributed by atoms with Crippen LogP contribution < -0.4 is 10.6 Å². The highest BCUT2D eigenvalue weighted by atomic mass is 32.2. The number of nitrogens with one attached hydrogen (secondary N) is 2. The first-order valence-corrected chi connectivity index (χ1v) is 10.4. The standard InChI is InChI=1S/C18H26N4OS2/c1-2-19-17(20-9-6-11-24-18-21-10-12-25-18)22-13-16(14-23)15-7-4-3-5-8-15/h3-5,7-8,10,12,16,23H,2,6,9,11,13-14H2,1H3,(H2,19,20,22). The molecule has 0 aliphatic heterocycles. The quantitative estimate of drug-likeness (QED) is 0.257. The van der Waals surface area contributed by atoms with Gasteiger partial charge in [0.15, 0.2) is 5.96 Å². The minimum Gasteiger partial charge on any atom is -0.396 e. The van der Waals surface area contributed by atoms with Crippen LogP contribution in [0, 0.1) is 0 Å². The number of thioether (sulfide) groups is 1. The summed E-state index contributed by atoms with van der Waals surface area (Å²) in [7, 11) is 0. The molecule has 0 amide bonds. The summed E-state index contributed by atoms with van der Waals surface area (Å²) in [6.07, 6.45) is 2.88. The summed E-state index contributed by atoms with van der Waals surface area (Å²) in [5.41, 5.74) is 1.12. The first-order valence-electron chi connectivity index (χ1n) is 8.53. The molecule has 0 bridgehead atoms. The number of aromatic nitrogens is 1. The molecule has 1 aromatic heterocycles. The summed E-state index contributed by atoms with van der Waals surface area (Å²) >= 11 is 3.46. The van der Waals surface area contributed by atoms with Gasteiger partial charge in [0, 0.05) is 36.3 Å². The molecule has 0 saturated heterocycles. The zero-order valence-corrected chi connectivity index (χ0v) is 16.2. The molecule has 2 rings (SSSR count). The van der Waals surface area contributed by atoms with Crippen molar-refractivity contribution in [3.8, 4) is 0 Å². The van der Waals surface area contributed by atoms with Crippen LogP contribution in [0.1, 0.15) is 24.8 Å². The average molecular weight is 379 g/mol. The Balaban J connectivity index is 1.76. The number of aliphatic hydroxyl groups excluding tert-OH is 1. The van der Waals surface area contributed by atoms with Crippen LogP contribution >= 0.6 is 23.1 Å². The van der Waals surface area contributed by atoms with E-state index in [0.29, 0.717) is 6.54 Å². The molecule has 0 saturated carbocycles. The lowest BCUT2D eigenvalue weighted by Gasteiger charge is -2.15. The van der Waals surface area contributed by atoms with Crippen molar-refractivity contribution >= 4 is 29.1 Å². The Morgan fingerprint density at radius 3 is 2.84 bits per heavy atom. The van der Waals surface area contributed by atoms with Gasteiger partial charge < -0.3 is 15.7 Å². The number of nitrogens with zero attached hydrogens (tertiary/aromatic N) is 2. The molecule has 25 heavy (non-hydrogen) atoms. The molecule has 0 fully saturated rings. The normalized spacial score (nSPS) is 12.8. The number of aliphatic hydroxyl groups is 1. The lowest BCUT2D eigenvalue weighted by molar-refractivity contribution is 0.268. The molecule has 1 heterocycles. The summed E-state index contributed by atoms with van der Waals surface area (Å²) in [5.74, 6) is 1.86. The third-order valence-electron chi connectivity index (χ3n) is 3.55. The van der Waals surface area contributed by atoms with E-state index in [1.807, 2.05) is 41.9 Å². The van der Waals surface area contributed by atoms with Gasteiger partial charge in [-0.1, -0.05) is 42.1 Å². The predicted molar refractivity (Wildman–Crippen MR) is 108 cm³/mol. The Kier molecular flexibility index (Phi) is 9.40. The molecule has 0 radical (unpaired) electrons. The SMILES string of the molecule is CCNC(=NCC(CO)c1ccccc1)NCCCSc1nccs1. The smallest absolute Gasteiger partial charge is 0.191 e. The molecule has 3 N–H and O–H groups in total. The van der Waals surface area contributed by atoms with Gasteiger partial charge in [-0.15, -0.1) is 11.3 Å². The van der Waals surface area contributed by atoms with E-state index in [-0.39, 0.29) is 12.5 Å². The van der Waals surface area contributed by atoms with Crippen molar-refractivity contribution in [2.45, 2.75) is 23.6 Å². The van der Waals surface area contributed by atoms with Gasteiger partial charge in [0.2, 0.25) is 0 Å². The summed E-state index contributed by atoms with van der Waals surface area (Å²) in [6.45, 7) is 4.38. The minimum atomic E-state index is 0.0251. The molecule has 1 atom stereocenters. The maximum Gasteiger partial charge on any atom is 0.191 e. The van der Waals surface area contributed by atoms with Crippen LogP contribution in [0.15, 0.2) is 51.2 Å². The fourth-order valence-electron chi connectivity index (χ4n) is 2.26. The van der Waals surface area contributed by atoms with Crippen LogP contribution in [0.25, 0.3) is 0 Å². The number of rotatable bonds is 10. The average Bonchev–Trinajstić information content (AvgIpc) is 3.16. The fourth-order valence-corrected chi connectivity index (χ4v) is 3.90. The Hall–Kier alpha value is -1.57. The van der Waals surface area contributed by atoms with Crippen molar-refractivity contribution in [3.63, 3.8) is 0 Å². The number of hydrogen-bond acceptors (Lipinski definition) is 5. The number of thiazole rings is 1. The molecule has 0 aliphatic carbocycles. The second kappa shape index (κ2) is 11.9. The summed E-state index contributed by atoms with van der Waals surface area (Å²) in [4.78, 5) is 8.89. The van der Waals surface area contributed by atoms with Gasteiger partial charge >= 0.3 is 0 Å². The van der Waals surface area contributed by atoms with Gasteiger partial charge in [-0.05, 0) is 18.9 Å². The third kappa shape index (κ3) is 7.46. The monoisotopic (exact) mass is 378 g/mol. The van der Waals surface area contributed by atoms with E-state index >= 15 is 0 Å². The highest BCUT2D eigenvalue weighted by Gasteiger charge is 2.09.